The topological polar surface area (TPSA) is 31.2 Å². The lowest BCUT2D eigenvalue weighted by Gasteiger charge is -2.07. The minimum absolute atomic E-state index is 0.715. The predicted molar refractivity (Wildman–Crippen MR) is 84.0 cm³/mol. The van der Waals surface area contributed by atoms with E-state index in [0.717, 1.165) is 35.9 Å². The van der Waals surface area contributed by atoms with Gasteiger partial charge >= 0.3 is 0 Å². The van der Waals surface area contributed by atoms with Crippen molar-refractivity contribution in [1.29, 1.82) is 0 Å². The second-order valence-corrected chi connectivity index (χ2v) is 5.04. The van der Waals surface area contributed by atoms with Gasteiger partial charge in [-0.05, 0) is 41.6 Å². The monoisotopic (exact) mass is 279 g/mol. The van der Waals surface area contributed by atoms with E-state index in [0.29, 0.717) is 5.56 Å². The number of carbonyl (C=O) groups excluding carboxylic acids is 1. The molecule has 0 atom stereocenters. The Morgan fingerprint density at radius 2 is 1.90 bits per heavy atom. The summed E-state index contributed by atoms with van der Waals surface area (Å²) >= 11 is 0. The van der Waals surface area contributed by atoms with Gasteiger partial charge < -0.3 is 9.30 Å². The van der Waals surface area contributed by atoms with Gasteiger partial charge in [-0.15, -0.1) is 0 Å². The minimum Gasteiger partial charge on any atom is -0.497 e. The quantitative estimate of drug-likeness (QED) is 0.667. The van der Waals surface area contributed by atoms with Crippen LogP contribution in [0.2, 0.25) is 0 Å². The third kappa shape index (κ3) is 2.82. The van der Waals surface area contributed by atoms with Crippen LogP contribution in [0, 0.1) is 0 Å². The standard InChI is InChI=1S/C18H17NO2/c1-21-17-6-3-14(4-7-17)8-10-19-11-9-16-5-2-15(13-20)12-18(16)19/h2-7,9,11-13H,8,10H2,1H3. The Kier molecular flexibility index (Phi) is 3.73. The molecular formula is C18H17NO2. The zero-order valence-corrected chi connectivity index (χ0v) is 12.0. The van der Waals surface area contributed by atoms with Gasteiger partial charge in [-0.1, -0.05) is 24.3 Å². The Balaban J connectivity index is 1.79. The van der Waals surface area contributed by atoms with Crippen LogP contribution in [0.25, 0.3) is 10.9 Å². The molecule has 2 aromatic carbocycles. The molecule has 0 unspecified atom stereocenters. The van der Waals surface area contributed by atoms with E-state index < -0.39 is 0 Å². The van der Waals surface area contributed by atoms with Crippen LogP contribution in [0.3, 0.4) is 0 Å². The average Bonchev–Trinajstić information content (AvgIpc) is 2.95. The van der Waals surface area contributed by atoms with Crippen molar-refractivity contribution in [2.24, 2.45) is 0 Å². The predicted octanol–water partition coefficient (Wildman–Crippen LogP) is 3.71. The summed E-state index contributed by atoms with van der Waals surface area (Å²) in [6, 6.07) is 16.0. The van der Waals surface area contributed by atoms with E-state index in [-0.39, 0.29) is 0 Å². The Labute approximate surface area is 123 Å². The van der Waals surface area contributed by atoms with Gasteiger partial charge in [0.2, 0.25) is 0 Å². The van der Waals surface area contributed by atoms with Gasteiger partial charge in [0.1, 0.15) is 12.0 Å². The Bertz CT molecular complexity index is 756. The summed E-state index contributed by atoms with van der Waals surface area (Å²) < 4.78 is 7.35. The molecule has 0 saturated heterocycles. The summed E-state index contributed by atoms with van der Waals surface area (Å²) in [6.45, 7) is 0.887. The molecule has 0 radical (unpaired) electrons. The highest BCUT2D eigenvalue weighted by Gasteiger charge is 2.03. The first-order chi connectivity index (χ1) is 10.3. The van der Waals surface area contributed by atoms with E-state index in [1.165, 1.54) is 5.56 Å². The lowest BCUT2D eigenvalue weighted by Crippen LogP contribution is -2.00. The summed E-state index contributed by atoms with van der Waals surface area (Å²) in [5.74, 6) is 0.876. The minimum atomic E-state index is 0.715. The van der Waals surface area contributed by atoms with Crippen molar-refractivity contribution in [2.75, 3.05) is 7.11 Å². The van der Waals surface area contributed by atoms with Crippen molar-refractivity contribution >= 4 is 17.2 Å². The molecule has 21 heavy (non-hydrogen) atoms. The van der Waals surface area contributed by atoms with E-state index in [4.69, 9.17) is 4.74 Å². The normalized spacial score (nSPS) is 10.7. The Morgan fingerprint density at radius 1 is 1.10 bits per heavy atom. The fraction of sp³-hybridized carbons (Fsp3) is 0.167. The molecule has 0 saturated carbocycles. The molecule has 0 fully saturated rings. The van der Waals surface area contributed by atoms with Crippen molar-refractivity contribution in [3.63, 3.8) is 0 Å². The smallest absolute Gasteiger partial charge is 0.150 e. The molecule has 1 heterocycles. The lowest BCUT2D eigenvalue weighted by molar-refractivity contribution is 0.112. The number of aromatic nitrogens is 1. The Hall–Kier alpha value is -2.55. The Morgan fingerprint density at radius 3 is 2.62 bits per heavy atom. The molecular weight excluding hydrogens is 262 g/mol. The number of benzene rings is 2. The van der Waals surface area contributed by atoms with Crippen LogP contribution in [0.15, 0.2) is 54.7 Å². The van der Waals surface area contributed by atoms with Crippen molar-refractivity contribution in [3.8, 4) is 5.75 Å². The molecule has 106 valence electrons. The van der Waals surface area contributed by atoms with E-state index >= 15 is 0 Å². The fourth-order valence-corrected chi connectivity index (χ4v) is 2.51. The molecule has 3 heteroatoms. The first-order valence-corrected chi connectivity index (χ1v) is 6.97. The van der Waals surface area contributed by atoms with Crippen molar-refractivity contribution in [3.05, 3.63) is 65.9 Å². The highest BCUT2D eigenvalue weighted by molar-refractivity contribution is 5.87. The number of hydrogen-bond donors (Lipinski definition) is 0. The first kappa shape index (κ1) is 13.4. The van der Waals surface area contributed by atoms with E-state index in [1.807, 2.05) is 30.3 Å². The van der Waals surface area contributed by atoms with Gasteiger partial charge in [-0.2, -0.15) is 0 Å². The average molecular weight is 279 g/mol. The van der Waals surface area contributed by atoms with Gasteiger partial charge in [-0.3, -0.25) is 4.79 Å². The molecule has 3 nitrogen and oxygen atoms in total. The molecule has 1 aromatic heterocycles. The maximum atomic E-state index is 10.9. The van der Waals surface area contributed by atoms with Gasteiger partial charge in [0, 0.05) is 23.8 Å². The molecule has 0 aliphatic rings. The molecule has 0 aliphatic heterocycles. The third-order valence-corrected chi connectivity index (χ3v) is 3.73. The van der Waals surface area contributed by atoms with Gasteiger partial charge in [0.15, 0.2) is 0 Å². The van der Waals surface area contributed by atoms with Crippen LogP contribution < -0.4 is 4.74 Å². The van der Waals surface area contributed by atoms with Crippen molar-refractivity contribution in [1.82, 2.24) is 4.57 Å². The van der Waals surface area contributed by atoms with E-state index in [9.17, 15) is 4.79 Å². The van der Waals surface area contributed by atoms with Crippen molar-refractivity contribution in [2.45, 2.75) is 13.0 Å². The maximum Gasteiger partial charge on any atom is 0.150 e. The van der Waals surface area contributed by atoms with Crippen LogP contribution in [0.1, 0.15) is 15.9 Å². The highest BCUT2D eigenvalue weighted by Crippen LogP contribution is 2.18. The fourth-order valence-electron chi connectivity index (χ4n) is 2.51. The number of rotatable bonds is 5. The molecule has 0 bridgehead atoms. The molecule has 3 aromatic rings. The highest BCUT2D eigenvalue weighted by atomic mass is 16.5. The number of ether oxygens (including phenoxy) is 1. The molecule has 3 rings (SSSR count). The number of methoxy groups -OCH3 is 1. The van der Waals surface area contributed by atoms with Gasteiger partial charge in [0.05, 0.1) is 7.11 Å². The zero-order chi connectivity index (χ0) is 14.7. The van der Waals surface area contributed by atoms with Crippen LogP contribution >= 0.6 is 0 Å². The second-order valence-electron chi connectivity index (χ2n) is 5.04. The summed E-state index contributed by atoms with van der Waals surface area (Å²) in [7, 11) is 1.67. The van der Waals surface area contributed by atoms with Crippen LogP contribution in [-0.2, 0) is 13.0 Å². The van der Waals surface area contributed by atoms with Crippen LogP contribution in [-0.4, -0.2) is 18.0 Å². The molecule has 0 spiro atoms. The number of nitrogens with zero attached hydrogens (tertiary/aromatic N) is 1. The van der Waals surface area contributed by atoms with Crippen molar-refractivity contribution < 1.29 is 9.53 Å². The van der Waals surface area contributed by atoms with Crippen LogP contribution in [0.5, 0.6) is 5.75 Å². The molecule has 0 aliphatic carbocycles. The van der Waals surface area contributed by atoms with Gasteiger partial charge in [0.25, 0.3) is 0 Å². The number of aryl methyl sites for hydroxylation is 2. The number of carbonyl (C=O) groups is 1. The van der Waals surface area contributed by atoms with E-state index in [1.54, 1.807) is 7.11 Å². The summed E-state index contributed by atoms with van der Waals surface area (Å²) in [5.41, 5.74) is 3.09. The molecule has 0 amide bonds. The molecule has 0 N–H and O–H groups in total. The number of hydrogen-bond acceptors (Lipinski definition) is 2. The summed E-state index contributed by atoms with van der Waals surface area (Å²) in [5, 5.41) is 1.16. The second kappa shape index (κ2) is 5.83. The number of aldehydes is 1. The maximum absolute atomic E-state index is 10.9. The summed E-state index contributed by atoms with van der Waals surface area (Å²) in [6.07, 6.45) is 3.90. The largest absolute Gasteiger partial charge is 0.497 e. The van der Waals surface area contributed by atoms with Crippen LogP contribution in [0.4, 0.5) is 0 Å². The number of fused-ring (bicyclic) bond motifs is 1. The third-order valence-electron chi connectivity index (χ3n) is 3.73. The zero-order valence-electron chi connectivity index (χ0n) is 12.0. The lowest BCUT2D eigenvalue weighted by atomic mass is 10.1. The SMILES string of the molecule is COc1ccc(CCn2ccc3ccc(C=O)cc32)cc1. The summed E-state index contributed by atoms with van der Waals surface area (Å²) in [4.78, 5) is 10.9. The first-order valence-electron chi connectivity index (χ1n) is 6.97. The van der Waals surface area contributed by atoms with Gasteiger partial charge in [-0.25, -0.2) is 0 Å². The van der Waals surface area contributed by atoms with E-state index in [2.05, 4.69) is 29.0 Å².